The van der Waals surface area contributed by atoms with Gasteiger partial charge in [0.25, 0.3) is 0 Å². The zero-order chi connectivity index (χ0) is 14.8. The molecule has 0 aliphatic carbocycles. The predicted molar refractivity (Wildman–Crippen MR) is 71.0 cm³/mol. The second-order valence-corrected chi connectivity index (χ2v) is 6.17. The van der Waals surface area contributed by atoms with Crippen molar-refractivity contribution < 1.29 is 17.2 Å². The molecule has 0 bridgehead atoms. The molecular formula is C13H12F2N2O2S. The summed E-state index contributed by atoms with van der Waals surface area (Å²) in [6, 6.07) is 6.45. The summed E-state index contributed by atoms with van der Waals surface area (Å²) in [6.45, 7) is -0.0571. The normalized spacial score (nSPS) is 11.3. The third-order valence-corrected chi connectivity index (χ3v) is 3.65. The van der Waals surface area contributed by atoms with Crippen molar-refractivity contribution in [3.05, 3.63) is 53.7 Å². The third-order valence-electron chi connectivity index (χ3n) is 2.65. The van der Waals surface area contributed by atoms with Crippen LogP contribution in [0.2, 0.25) is 0 Å². The molecule has 0 saturated carbocycles. The Kier molecular flexibility index (Phi) is 3.99. The highest BCUT2D eigenvalue weighted by Gasteiger charge is 2.10. The van der Waals surface area contributed by atoms with Gasteiger partial charge in [0.05, 0.1) is 11.9 Å². The number of nitrogens with one attached hydrogen (secondary N) is 1. The van der Waals surface area contributed by atoms with Crippen LogP contribution >= 0.6 is 0 Å². The van der Waals surface area contributed by atoms with Crippen molar-refractivity contribution in [2.24, 2.45) is 0 Å². The first kappa shape index (κ1) is 14.4. The maximum Gasteiger partial charge on any atom is 0.192 e. The number of rotatable bonds is 4. The molecule has 0 saturated heterocycles. The highest BCUT2D eigenvalue weighted by Crippen LogP contribution is 2.15. The van der Waals surface area contributed by atoms with Crippen LogP contribution in [-0.4, -0.2) is 19.7 Å². The lowest BCUT2D eigenvalue weighted by atomic mass is 10.2. The van der Waals surface area contributed by atoms with Gasteiger partial charge in [0.1, 0.15) is 11.6 Å². The molecule has 106 valence electrons. The predicted octanol–water partition coefficient (Wildman–Crippen LogP) is 2.38. The van der Waals surface area contributed by atoms with Crippen molar-refractivity contribution >= 4 is 15.5 Å². The van der Waals surface area contributed by atoms with Gasteiger partial charge in [-0.25, -0.2) is 22.2 Å². The van der Waals surface area contributed by atoms with E-state index in [4.69, 9.17) is 0 Å². The Bertz CT molecular complexity index is 695. The molecule has 7 heteroatoms. The largest absolute Gasteiger partial charge is 0.379 e. The van der Waals surface area contributed by atoms with Crippen LogP contribution < -0.4 is 5.32 Å². The van der Waals surface area contributed by atoms with Crippen molar-refractivity contribution in [2.75, 3.05) is 11.6 Å². The summed E-state index contributed by atoms with van der Waals surface area (Å²) < 4.78 is 49.3. The van der Waals surface area contributed by atoms with Gasteiger partial charge < -0.3 is 5.32 Å². The number of hydrogen-bond donors (Lipinski definition) is 1. The fourth-order valence-electron chi connectivity index (χ4n) is 1.60. The Morgan fingerprint density at radius 2 is 1.80 bits per heavy atom. The lowest BCUT2D eigenvalue weighted by molar-refractivity contribution is 0.560. The first-order chi connectivity index (χ1) is 9.38. The van der Waals surface area contributed by atoms with Crippen molar-refractivity contribution in [3.63, 3.8) is 0 Å². The lowest BCUT2D eigenvalue weighted by Crippen LogP contribution is -2.06. The molecule has 20 heavy (non-hydrogen) atoms. The minimum Gasteiger partial charge on any atom is -0.379 e. The summed E-state index contributed by atoms with van der Waals surface area (Å²) in [7, 11) is -3.36. The van der Waals surface area contributed by atoms with Crippen LogP contribution in [0.5, 0.6) is 0 Å². The van der Waals surface area contributed by atoms with E-state index in [1.54, 1.807) is 0 Å². The molecule has 0 fully saturated rings. The van der Waals surface area contributed by atoms with Gasteiger partial charge in [0.2, 0.25) is 0 Å². The van der Waals surface area contributed by atoms with Crippen LogP contribution in [0.15, 0.2) is 41.6 Å². The Balaban J connectivity index is 2.12. The van der Waals surface area contributed by atoms with Gasteiger partial charge in [-0.3, -0.25) is 0 Å². The fraction of sp³-hybridized carbons (Fsp3) is 0.154. The highest BCUT2D eigenvalue weighted by molar-refractivity contribution is 7.90. The van der Waals surface area contributed by atoms with Crippen molar-refractivity contribution in [3.8, 4) is 0 Å². The molecule has 1 aromatic heterocycles. The average molecular weight is 298 g/mol. The highest BCUT2D eigenvalue weighted by atomic mass is 32.2. The van der Waals surface area contributed by atoms with Gasteiger partial charge in [-0.1, -0.05) is 6.07 Å². The standard InChI is InChI=1S/C13H12F2N2O2S/c1-20(18,19)13-6-5-9(7-17-13)16-8-10-11(14)3-2-4-12(10)15/h2-7,16H,8H2,1H3. The number of halogens is 2. The Morgan fingerprint density at radius 1 is 1.15 bits per heavy atom. The molecule has 0 radical (unpaired) electrons. The molecule has 0 aliphatic heterocycles. The van der Waals surface area contributed by atoms with Crippen LogP contribution in [0, 0.1) is 11.6 Å². The van der Waals surface area contributed by atoms with E-state index >= 15 is 0 Å². The van der Waals surface area contributed by atoms with E-state index in [2.05, 4.69) is 10.3 Å². The van der Waals surface area contributed by atoms with Gasteiger partial charge in [-0.05, 0) is 24.3 Å². The summed E-state index contributed by atoms with van der Waals surface area (Å²) in [4.78, 5) is 3.77. The van der Waals surface area contributed by atoms with Gasteiger partial charge in [0, 0.05) is 18.4 Å². The quantitative estimate of drug-likeness (QED) is 0.941. The molecule has 0 spiro atoms. The molecule has 0 amide bonds. The van der Waals surface area contributed by atoms with E-state index in [1.165, 1.54) is 36.5 Å². The molecule has 0 unspecified atom stereocenters. The Labute approximate surface area is 115 Å². The second-order valence-electron chi connectivity index (χ2n) is 4.21. The van der Waals surface area contributed by atoms with Crippen LogP contribution in [0.3, 0.4) is 0 Å². The fourth-order valence-corrected chi connectivity index (χ4v) is 2.16. The van der Waals surface area contributed by atoms with Crippen LogP contribution in [0.25, 0.3) is 0 Å². The van der Waals surface area contributed by atoms with Gasteiger partial charge in [-0.15, -0.1) is 0 Å². The Morgan fingerprint density at radius 3 is 2.30 bits per heavy atom. The zero-order valence-corrected chi connectivity index (χ0v) is 11.4. The average Bonchev–Trinajstić information content (AvgIpc) is 2.37. The maximum absolute atomic E-state index is 13.4. The minimum atomic E-state index is -3.36. The summed E-state index contributed by atoms with van der Waals surface area (Å²) in [5.41, 5.74) is 0.389. The van der Waals surface area contributed by atoms with E-state index in [1.807, 2.05) is 0 Å². The van der Waals surface area contributed by atoms with Crippen LogP contribution in [0.4, 0.5) is 14.5 Å². The molecule has 1 N–H and O–H groups in total. The van der Waals surface area contributed by atoms with Gasteiger partial charge in [-0.2, -0.15) is 0 Å². The van der Waals surface area contributed by atoms with E-state index in [9.17, 15) is 17.2 Å². The van der Waals surface area contributed by atoms with E-state index in [-0.39, 0.29) is 17.1 Å². The van der Waals surface area contributed by atoms with E-state index in [0.29, 0.717) is 5.69 Å². The SMILES string of the molecule is CS(=O)(=O)c1ccc(NCc2c(F)cccc2F)cn1. The number of benzene rings is 1. The monoisotopic (exact) mass is 298 g/mol. The molecule has 0 atom stereocenters. The number of aromatic nitrogens is 1. The molecule has 2 aromatic rings. The molecule has 1 aromatic carbocycles. The Hall–Kier alpha value is -2.02. The topological polar surface area (TPSA) is 59.1 Å². The first-order valence-corrected chi connectivity index (χ1v) is 7.60. The molecular weight excluding hydrogens is 286 g/mol. The number of sulfone groups is 1. The van der Waals surface area contributed by atoms with Crippen molar-refractivity contribution in [2.45, 2.75) is 11.6 Å². The molecule has 2 rings (SSSR count). The maximum atomic E-state index is 13.4. The lowest BCUT2D eigenvalue weighted by Gasteiger charge is -2.08. The van der Waals surface area contributed by atoms with Crippen LogP contribution in [0.1, 0.15) is 5.56 Å². The van der Waals surface area contributed by atoms with Gasteiger partial charge >= 0.3 is 0 Å². The molecule has 0 aliphatic rings. The first-order valence-electron chi connectivity index (χ1n) is 5.71. The summed E-state index contributed by atoms with van der Waals surface area (Å²) in [5.74, 6) is -1.28. The third kappa shape index (κ3) is 3.30. The summed E-state index contributed by atoms with van der Waals surface area (Å²) in [5, 5.41) is 2.73. The smallest absolute Gasteiger partial charge is 0.192 e. The van der Waals surface area contributed by atoms with Crippen molar-refractivity contribution in [1.82, 2.24) is 4.98 Å². The van der Waals surface area contributed by atoms with Crippen LogP contribution in [-0.2, 0) is 16.4 Å². The number of nitrogens with zero attached hydrogens (tertiary/aromatic N) is 1. The van der Waals surface area contributed by atoms with Crippen molar-refractivity contribution in [1.29, 1.82) is 0 Å². The summed E-state index contributed by atoms with van der Waals surface area (Å²) in [6.07, 6.45) is 2.35. The minimum absolute atomic E-state index is 0.0554. The molecule has 1 heterocycles. The second kappa shape index (κ2) is 5.54. The number of anilines is 1. The number of hydrogen-bond acceptors (Lipinski definition) is 4. The summed E-state index contributed by atoms with van der Waals surface area (Å²) >= 11 is 0. The zero-order valence-electron chi connectivity index (χ0n) is 10.6. The number of pyridine rings is 1. The van der Waals surface area contributed by atoms with E-state index < -0.39 is 21.5 Å². The van der Waals surface area contributed by atoms with E-state index in [0.717, 1.165) is 6.26 Å². The van der Waals surface area contributed by atoms with Gasteiger partial charge in [0.15, 0.2) is 14.9 Å². The molecule has 4 nitrogen and oxygen atoms in total.